The Morgan fingerprint density at radius 2 is 1.87 bits per heavy atom. The lowest BCUT2D eigenvalue weighted by Crippen LogP contribution is -2.37. The molecule has 0 amide bonds. The highest BCUT2D eigenvalue weighted by atomic mass is 19.4. The molecule has 0 aromatic rings. The number of hydrogen-bond acceptors (Lipinski definition) is 2. The van der Waals surface area contributed by atoms with Crippen LogP contribution < -0.4 is 11.3 Å². The Morgan fingerprint density at radius 1 is 1.27 bits per heavy atom. The van der Waals surface area contributed by atoms with Crippen molar-refractivity contribution in [2.24, 2.45) is 11.8 Å². The Balaban J connectivity index is 3.82. The summed E-state index contributed by atoms with van der Waals surface area (Å²) in [5.74, 6) is 5.65. The van der Waals surface area contributed by atoms with Crippen molar-refractivity contribution in [2.45, 2.75) is 58.2 Å². The fourth-order valence-corrected chi connectivity index (χ4v) is 1.70. The third-order valence-corrected chi connectivity index (χ3v) is 2.48. The van der Waals surface area contributed by atoms with E-state index in [0.717, 1.165) is 12.8 Å². The van der Waals surface area contributed by atoms with E-state index in [9.17, 15) is 13.2 Å². The largest absolute Gasteiger partial charge is 0.389 e. The third kappa shape index (κ3) is 8.69. The molecule has 3 N–H and O–H groups in total. The predicted octanol–water partition coefficient (Wildman–Crippen LogP) is 2.99. The first-order valence-electron chi connectivity index (χ1n) is 5.42. The standard InChI is InChI=1S/C10H21F3N2/c1-3-4-8(2)7-9(15-14)5-6-10(11,12)13/h8-9,15H,3-7,14H2,1-2H3. The summed E-state index contributed by atoms with van der Waals surface area (Å²) >= 11 is 0. The third-order valence-electron chi connectivity index (χ3n) is 2.48. The van der Waals surface area contributed by atoms with Gasteiger partial charge in [-0.2, -0.15) is 13.2 Å². The van der Waals surface area contributed by atoms with Crippen molar-refractivity contribution >= 4 is 0 Å². The van der Waals surface area contributed by atoms with E-state index in [-0.39, 0.29) is 12.5 Å². The number of rotatable bonds is 7. The Bertz CT molecular complexity index is 159. The van der Waals surface area contributed by atoms with Crippen LogP contribution in [0.3, 0.4) is 0 Å². The molecule has 0 aromatic carbocycles. The maximum absolute atomic E-state index is 12.0. The smallest absolute Gasteiger partial charge is 0.271 e. The van der Waals surface area contributed by atoms with Crippen molar-refractivity contribution in [3.63, 3.8) is 0 Å². The zero-order valence-corrected chi connectivity index (χ0v) is 9.40. The van der Waals surface area contributed by atoms with Gasteiger partial charge in [0.15, 0.2) is 0 Å². The van der Waals surface area contributed by atoms with Gasteiger partial charge in [0.2, 0.25) is 0 Å². The van der Waals surface area contributed by atoms with Crippen molar-refractivity contribution in [1.82, 2.24) is 5.43 Å². The van der Waals surface area contributed by atoms with Crippen LogP contribution in [0.4, 0.5) is 13.2 Å². The molecule has 5 heteroatoms. The van der Waals surface area contributed by atoms with Gasteiger partial charge in [-0.25, -0.2) is 0 Å². The van der Waals surface area contributed by atoms with E-state index >= 15 is 0 Å². The van der Waals surface area contributed by atoms with Crippen LogP contribution in [-0.4, -0.2) is 12.2 Å². The van der Waals surface area contributed by atoms with E-state index in [0.29, 0.717) is 12.3 Å². The molecule has 0 saturated heterocycles. The average Bonchev–Trinajstić information content (AvgIpc) is 2.11. The van der Waals surface area contributed by atoms with Gasteiger partial charge in [0.1, 0.15) is 0 Å². The maximum atomic E-state index is 12.0. The van der Waals surface area contributed by atoms with E-state index in [1.165, 1.54) is 0 Å². The number of alkyl halides is 3. The van der Waals surface area contributed by atoms with Gasteiger partial charge < -0.3 is 0 Å². The van der Waals surface area contributed by atoms with E-state index in [1.807, 2.05) is 6.92 Å². The van der Waals surface area contributed by atoms with Crippen molar-refractivity contribution in [2.75, 3.05) is 0 Å². The minimum Gasteiger partial charge on any atom is -0.271 e. The second-order valence-electron chi connectivity index (χ2n) is 4.15. The fraction of sp³-hybridized carbons (Fsp3) is 1.00. The van der Waals surface area contributed by atoms with E-state index in [1.54, 1.807) is 0 Å². The molecule has 0 radical (unpaired) electrons. The first-order valence-corrected chi connectivity index (χ1v) is 5.42. The molecule has 0 bridgehead atoms. The molecule has 15 heavy (non-hydrogen) atoms. The number of hydrazine groups is 1. The summed E-state index contributed by atoms with van der Waals surface area (Å²) in [7, 11) is 0. The number of halogens is 3. The molecular weight excluding hydrogens is 205 g/mol. The van der Waals surface area contributed by atoms with E-state index < -0.39 is 12.6 Å². The van der Waals surface area contributed by atoms with Gasteiger partial charge in [0.05, 0.1) is 0 Å². The molecule has 0 saturated carbocycles. The Labute approximate surface area is 89.4 Å². The molecule has 0 aliphatic heterocycles. The van der Waals surface area contributed by atoms with E-state index in [4.69, 9.17) is 5.84 Å². The zero-order valence-electron chi connectivity index (χ0n) is 9.40. The van der Waals surface area contributed by atoms with Crippen LogP contribution in [0.5, 0.6) is 0 Å². The minimum absolute atomic E-state index is 0.0635. The molecule has 0 rings (SSSR count). The highest BCUT2D eigenvalue weighted by Crippen LogP contribution is 2.24. The molecule has 2 atom stereocenters. The monoisotopic (exact) mass is 226 g/mol. The van der Waals surface area contributed by atoms with Gasteiger partial charge in [-0.1, -0.05) is 26.7 Å². The Kier molecular flexibility index (Phi) is 6.92. The summed E-state index contributed by atoms with van der Waals surface area (Å²) in [6.07, 6.45) is -1.99. The topological polar surface area (TPSA) is 38.0 Å². The predicted molar refractivity (Wildman–Crippen MR) is 55.1 cm³/mol. The van der Waals surface area contributed by atoms with Gasteiger partial charge in [-0.05, 0) is 18.8 Å². The molecular formula is C10H21F3N2. The lowest BCUT2D eigenvalue weighted by molar-refractivity contribution is -0.136. The summed E-state index contributed by atoms with van der Waals surface area (Å²) in [6.45, 7) is 4.11. The quantitative estimate of drug-likeness (QED) is 0.517. The minimum atomic E-state index is -4.08. The zero-order chi connectivity index (χ0) is 11.9. The molecule has 0 aliphatic rings. The maximum Gasteiger partial charge on any atom is 0.389 e. The van der Waals surface area contributed by atoms with Crippen molar-refractivity contribution in [1.29, 1.82) is 0 Å². The number of hydrogen-bond donors (Lipinski definition) is 2. The van der Waals surface area contributed by atoms with Crippen molar-refractivity contribution in [3.05, 3.63) is 0 Å². The first-order chi connectivity index (χ1) is 6.89. The normalized spacial score (nSPS) is 16.4. The summed E-state index contributed by atoms with van der Waals surface area (Å²) in [4.78, 5) is 0. The molecule has 0 heterocycles. The summed E-state index contributed by atoms with van der Waals surface area (Å²) < 4.78 is 35.9. The van der Waals surface area contributed by atoms with Crippen molar-refractivity contribution < 1.29 is 13.2 Å². The van der Waals surface area contributed by atoms with Gasteiger partial charge in [-0.15, -0.1) is 0 Å². The van der Waals surface area contributed by atoms with Gasteiger partial charge in [0.25, 0.3) is 0 Å². The number of nitrogens with two attached hydrogens (primary N) is 1. The van der Waals surface area contributed by atoms with Crippen LogP contribution in [0.15, 0.2) is 0 Å². The van der Waals surface area contributed by atoms with Gasteiger partial charge >= 0.3 is 6.18 Å². The highest BCUT2D eigenvalue weighted by Gasteiger charge is 2.28. The highest BCUT2D eigenvalue weighted by molar-refractivity contribution is 4.69. The van der Waals surface area contributed by atoms with Crippen molar-refractivity contribution in [3.8, 4) is 0 Å². The summed E-state index contributed by atoms with van der Waals surface area (Å²) in [6, 6.07) is -0.229. The molecule has 2 nitrogen and oxygen atoms in total. The van der Waals surface area contributed by atoms with Gasteiger partial charge in [0, 0.05) is 12.5 Å². The molecule has 0 aromatic heterocycles. The van der Waals surface area contributed by atoms with E-state index in [2.05, 4.69) is 12.3 Å². The molecule has 0 fully saturated rings. The molecule has 92 valence electrons. The van der Waals surface area contributed by atoms with Crippen LogP contribution in [0.1, 0.15) is 46.0 Å². The lowest BCUT2D eigenvalue weighted by atomic mass is 9.95. The average molecular weight is 226 g/mol. The lowest BCUT2D eigenvalue weighted by Gasteiger charge is -2.20. The van der Waals surface area contributed by atoms with Crippen LogP contribution in [-0.2, 0) is 0 Å². The second kappa shape index (κ2) is 7.06. The van der Waals surface area contributed by atoms with Crippen LogP contribution in [0.2, 0.25) is 0 Å². The van der Waals surface area contributed by atoms with Crippen LogP contribution in [0, 0.1) is 5.92 Å². The number of nitrogens with one attached hydrogen (secondary N) is 1. The van der Waals surface area contributed by atoms with Gasteiger partial charge in [-0.3, -0.25) is 11.3 Å². The Morgan fingerprint density at radius 3 is 2.27 bits per heavy atom. The first kappa shape index (κ1) is 14.7. The molecule has 2 unspecified atom stereocenters. The second-order valence-corrected chi connectivity index (χ2v) is 4.15. The SMILES string of the molecule is CCCC(C)CC(CCC(F)(F)F)NN. The molecule has 0 spiro atoms. The summed E-state index contributed by atoms with van der Waals surface area (Å²) in [5.41, 5.74) is 2.46. The fourth-order valence-electron chi connectivity index (χ4n) is 1.70. The van der Waals surface area contributed by atoms with Crippen LogP contribution >= 0.6 is 0 Å². The summed E-state index contributed by atoms with van der Waals surface area (Å²) in [5, 5.41) is 0. The molecule has 0 aliphatic carbocycles. The van der Waals surface area contributed by atoms with Crippen LogP contribution in [0.25, 0.3) is 0 Å². The Hall–Kier alpha value is -0.290.